The normalized spacial score (nSPS) is 11.0. The summed E-state index contributed by atoms with van der Waals surface area (Å²) in [6.07, 6.45) is 2.35. The standard InChI is InChI=1S/C38H38N14O8S2.2Na/c1-39-31(53)23-9-13-25(14-10-23)43-35-47-33(41-3)49-37(51-35)45-27-17-7-21(29(19-27)61(55,56)57)5-6-22-8-18-28(20-30(22)62(58,59)60)46-38-50-34(42-4)48-36(52-38)44-26-15-11-24(12-16-26)32(54)40-2;;/h5-20H,1-4H3,(H,39,53)(H,40,54)(H,55,56,57)(H,58,59,60)(H3,41,43,45,47,49,51)(H3,42,44,46,48,50,52);;/q;2*+1/p-2/b6-5+;;. The minimum absolute atomic E-state index is 0. The van der Waals surface area contributed by atoms with E-state index in [0.29, 0.717) is 22.5 Å². The summed E-state index contributed by atoms with van der Waals surface area (Å²) in [6, 6.07) is 20.5. The van der Waals surface area contributed by atoms with Crippen molar-refractivity contribution < 1.29 is 94.6 Å². The zero-order valence-corrected chi connectivity index (χ0v) is 40.6. The summed E-state index contributed by atoms with van der Waals surface area (Å²) in [5.74, 6) is -0.164. The maximum atomic E-state index is 12.5. The number of rotatable bonds is 16. The molecule has 6 rings (SSSR count). The van der Waals surface area contributed by atoms with Crippen molar-refractivity contribution in [2.24, 2.45) is 0 Å². The molecule has 6 aromatic rings. The van der Waals surface area contributed by atoms with Gasteiger partial charge in [0.15, 0.2) is 0 Å². The summed E-state index contributed by atoms with van der Waals surface area (Å²) in [7, 11) is -4.08. The van der Waals surface area contributed by atoms with Gasteiger partial charge >= 0.3 is 59.1 Å². The Labute approximate surface area is 411 Å². The summed E-state index contributed by atoms with van der Waals surface area (Å²) in [6.45, 7) is 0. The largest absolute Gasteiger partial charge is 1.00 e. The number of benzene rings is 4. The van der Waals surface area contributed by atoms with Gasteiger partial charge in [0.25, 0.3) is 11.8 Å². The molecule has 0 saturated heterocycles. The van der Waals surface area contributed by atoms with Gasteiger partial charge in [0.1, 0.15) is 20.2 Å². The van der Waals surface area contributed by atoms with Crippen molar-refractivity contribution in [3.05, 3.63) is 107 Å². The molecule has 2 aromatic heterocycles. The predicted molar refractivity (Wildman–Crippen MR) is 229 cm³/mol. The second-order valence-corrected chi connectivity index (χ2v) is 15.4. The van der Waals surface area contributed by atoms with Gasteiger partial charge in [0.2, 0.25) is 35.7 Å². The number of anilines is 10. The minimum atomic E-state index is -5.12. The third kappa shape index (κ3) is 13.4. The Morgan fingerprint density at radius 3 is 1.02 bits per heavy atom. The number of aromatic nitrogens is 6. The summed E-state index contributed by atoms with van der Waals surface area (Å²) >= 11 is 0. The van der Waals surface area contributed by atoms with Crippen LogP contribution < -0.4 is 102 Å². The summed E-state index contributed by atoms with van der Waals surface area (Å²) in [4.78, 5) is 48.1. The molecule has 0 atom stereocenters. The monoisotopic (exact) mass is 926 g/mol. The Hall–Kier alpha value is -5.80. The molecule has 0 aliphatic rings. The maximum Gasteiger partial charge on any atom is 1.00 e. The molecule has 2 amide bonds. The molecule has 22 nitrogen and oxygen atoms in total. The van der Waals surface area contributed by atoms with Gasteiger partial charge < -0.3 is 51.6 Å². The number of hydrogen-bond donors (Lipinski definition) is 8. The second-order valence-electron chi connectivity index (χ2n) is 12.7. The van der Waals surface area contributed by atoms with E-state index in [1.54, 1.807) is 62.6 Å². The zero-order valence-electron chi connectivity index (χ0n) is 35.0. The van der Waals surface area contributed by atoms with Crippen LogP contribution in [0.1, 0.15) is 31.8 Å². The van der Waals surface area contributed by atoms with Crippen molar-refractivity contribution >= 4 is 103 Å². The van der Waals surface area contributed by atoms with Crippen molar-refractivity contribution in [2.75, 3.05) is 60.1 Å². The Bertz CT molecular complexity index is 2720. The van der Waals surface area contributed by atoms with Crippen LogP contribution >= 0.6 is 0 Å². The summed E-state index contributed by atoms with van der Waals surface area (Å²) in [5.41, 5.74) is 1.92. The first kappa shape index (κ1) is 50.8. The molecule has 320 valence electrons. The number of nitrogens with one attached hydrogen (secondary N) is 8. The number of amides is 2. The third-order valence-corrected chi connectivity index (χ3v) is 10.3. The zero-order chi connectivity index (χ0) is 44.6. The molecule has 0 unspecified atom stereocenters. The number of carbonyl (C=O) groups is 2. The molecule has 0 radical (unpaired) electrons. The van der Waals surface area contributed by atoms with Crippen LogP contribution in [0, 0.1) is 0 Å². The molecule has 4 aromatic carbocycles. The van der Waals surface area contributed by atoms with Crippen LogP contribution in [-0.4, -0.2) is 95.9 Å². The van der Waals surface area contributed by atoms with Crippen molar-refractivity contribution in [1.82, 2.24) is 40.5 Å². The molecular formula is C38H36N14Na2O8S2. The van der Waals surface area contributed by atoms with Gasteiger partial charge in [0.05, 0.1) is 9.79 Å². The van der Waals surface area contributed by atoms with E-state index in [1.807, 2.05) is 0 Å². The first-order chi connectivity index (χ1) is 29.5. The number of nitrogens with zero attached hydrogens (tertiary/aromatic N) is 6. The second kappa shape index (κ2) is 22.2. The Balaban J connectivity index is 0.00000449. The van der Waals surface area contributed by atoms with E-state index in [0.717, 1.165) is 12.1 Å². The van der Waals surface area contributed by atoms with Crippen LogP contribution in [0.3, 0.4) is 0 Å². The van der Waals surface area contributed by atoms with Crippen molar-refractivity contribution in [1.29, 1.82) is 0 Å². The Kier molecular flexibility index (Phi) is 17.6. The van der Waals surface area contributed by atoms with E-state index >= 15 is 0 Å². The minimum Gasteiger partial charge on any atom is -0.744 e. The van der Waals surface area contributed by atoms with Crippen LogP contribution in [0.4, 0.5) is 58.4 Å². The van der Waals surface area contributed by atoms with Crippen LogP contribution in [-0.2, 0) is 20.2 Å². The fourth-order valence-electron chi connectivity index (χ4n) is 5.53. The van der Waals surface area contributed by atoms with E-state index in [4.69, 9.17) is 0 Å². The molecule has 0 aliphatic carbocycles. The smallest absolute Gasteiger partial charge is 0.744 e. The molecule has 8 N–H and O–H groups in total. The van der Waals surface area contributed by atoms with Gasteiger partial charge in [-0.2, -0.15) is 29.9 Å². The van der Waals surface area contributed by atoms with Crippen LogP contribution in [0.5, 0.6) is 0 Å². The van der Waals surface area contributed by atoms with Gasteiger partial charge in [-0.05, 0) is 83.9 Å². The number of hydrogen-bond acceptors (Lipinski definition) is 20. The summed E-state index contributed by atoms with van der Waals surface area (Å²) < 4.78 is 74.9. The molecule has 64 heavy (non-hydrogen) atoms. The van der Waals surface area contributed by atoms with Crippen molar-refractivity contribution in [2.45, 2.75) is 9.79 Å². The molecule has 2 heterocycles. The Morgan fingerprint density at radius 1 is 0.453 bits per heavy atom. The van der Waals surface area contributed by atoms with Gasteiger partial charge in [0, 0.05) is 62.1 Å². The van der Waals surface area contributed by atoms with Gasteiger partial charge in [-0.15, -0.1) is 0 Å². The fourth-order valence-corrected chi connectivity index (χ4v) is 6.92. The number of carbonyl (C=O) groups excluding carboxylic acids is 2. The average Bonchev–Trinajstić information content (AvgIpc) is 3.25. The van der Waals surface area contributed by atoms with Crippen LogP contribution in [0.2, 0.25) is 0 Å². The predicted octanol–water partition coefficient (Wildman–Crippen LogP) is -2.18. The Morgan fingerprint density at radius 2 is 0.734 bits per heavy atom. The first-order valence-corrected chi connectivity index (χ1v) is 20.8. The van der Waals surface area contributed by atoms with Crippen LogP contribution in [0.25, 0.3) is 12.2 Å². The van der Waals surface area contributed by atoms with E-state index in [1.165, 1.54) is 50.5 Å². The molecular weight excluding hydrogens is 891 g/mol. The van der Waals surface area contributed by atoms with E-state index < -0.39 is 30.0 Å². The molecule has 0 fully saturated rings. The topological polar surface area (TPSA) is 322 Å². The quantitative estimate of drug-likeness (QED) is 0.0291. The SMILES string of the molecule is CNC(=O)c1ccc(Nc2nc(NC)nc(Nc3ccc(/C=C/c4ccc(Nc5nc(NC)nc(Nc6ccc(C(=O)NC)cc6)n5)cc4S(=O)(=O)[O-])c(S(=O)(=O)[O-])c3)n2)cc1.[Na+].[Na+]. The van der Waals surface area contributed by atoms with Crippen molar-refractivity contribution in [3.8, 4) is 0 Å². The molecule has 0 saturated carbocycles. The van der Waals surface area contributed by atoms with Gasteiger partial charge in [-0.25, -0.2) is 16.8 Å². The summed E-state index contributed by atoms with van der Waals surface area (Å²) in [5, 5.41) is 22.4. The average molecular weight is 927 g/mol. The molecule has 26 heteroatoms. The maximum absolute atomic E-state index is 12.5. The third-order valence-electron chi connectivity index (χ3n) is 8.50. The molecule has 0 bridgehead atoms. The van der Waals surface area contributed by atoms with E-state index in [9.17, 15) is 35.5 Å². The van der Waals surface area contributed by atoms with Gasteiger partial charge in [-0.1, -0.05) is 24.3 Å². The molecule has 0 spiro atoms. The van der Waals surface area contributed by atoms with E-state index in [2.05, 4.69) is 72.4 Å². The van der Waals surface area contributed by atoms with E-state index in [-0.39, 0.29) is 129 Å². The first-order valence-electron chi connectivity index (χ1n) is 18.0. The fraction of sp³-hybridized carbons (Fsp3) is 0.105. The van der Waals surface area contributed by atoms with Crippen molar-refractivity contribution in [3.63, 3.8) is 0 Å². The molecule has 0 aliphatic heterocycles. The van der Waals surface area contributed by atoms with Gasteiger partial charge in [-0.3, -0.25) is 9.59 Å². The van der Waals surface area contributed by atoms with Crippen LogP contribution in [0.15, 0.2) is 94.7 Å².